The molecule has 3 fully saturated rings. The first-order chi connectivity index (χ1) is 26.3. The number of aromatic amines is 2. The van der Waals surface area contributed by atoms with Crippen LogP contribution in [-0.4, -0.2) is 60.8 Å². The predicted octanol–water partition coefficient (Wildman–Crippen LogP) is 7.29. The highest BCUT2D eigenvalue weighted by Crippen LogP contribution is 2.47. The van der Waals surface area contributed by atoms with Crippen molar-refractivity contribution in [3.8, 4) is 33.8 Å². The number of likely N-dealkylation sites (tertiary alicyclic amines) is 1. The van der Waals surface area contributed by atoms with Crippen molar-refractivity contribution in [2.75, 3.05) is 13.1 Å². The fourth-order valence-corrected chi connectivity index (χ4v) is 10.0. The summed E-state index contributed by atoms with van der Waals surface area (Å²) in [4.78, 5) is 44.1. The molecular weight excluding hydrogens is 694 g/mol. The first-order valence-electron chi connectivity index (χ1n) is 19.9. The number of nitrogens with zero attached hydrogens (tertiary/aromatic N) is 3. The second-order valence-corrected chi connectivity index (χ2v) is 17.3. The number of H-pyrrole nitrogens is 2. The lowest BCUT2D eigenvalue weighted by Crippen LogP contribution is -2.43. The number of rotatable bonds is 3. The number of carbonyl (C=O) groups excluding carboxylic acids is 2. The SMILES string of the molecule is O=C1NC2(CC2)Cc2[nH]c3c(c21)CCc1cnc(-c2ccc(CN4CCCCC4)cc2)cc1-3.O=C1NC2(CC2)Cc2[nH]c3c(c21)CCc1cnc(Cl)cc1-3. The van der Waals surface area contributed by atoms with E-state index in [2.05, 4.69) is 60.8 Å². The van der Waals surface area contributed by atoms with Crippen molar-refractivity contribution in [3.05, 3.63) is 104 Å². The summed E-state index contributed by atoms with van der Waals surface area (Å²) in [5, 5.41) is 6.97. The highest BCUT2D eigenvalue weighted by atomic mass is 35.5. The van der Waals surface area contributed by atoms with Gasteiger partial charge in [0.15, 0.2) is 0 Å². The smallest absolute Gasteiger partial charge is 0.253 e. The van der Waals surface area contributed by atoms with Crippen LogP contribution in [0.5, 0.6) is 0 Å². The van der Waals surface area contributed by atoms with Crippen molar-refractivity contribution in [3.63, 3.8) is 0 Å². The van der Waals surface area contributed by atoms with Crippen LogP contribution in [0.2, 0.25) is 5.15 Å². The number of benzene rings is 1. The number of aromatic nitrogens is 4. The highest BCUT2D eigenvalue weighted by Gasteiger charge is 2.50. The summed E-state index contributed by atoms with van der Waals surface area (Å²) in [7, 11) is 0. The van der Waals surface area contributed by atoms with Crippen LogP contribution >= 0.6 is 11.6 Å². The van der Waals surface area contributed by atoms with Crippen molar-refractivity contribution in [2.45, 2.75) is 101 Å². The van der Waals surface area contributed by atoms with Gasteiger partial charge in [-0.25, -0.2) is 4.98 Å². The van der Waals surface area contributed by atoms with Crippen LogP contribution in [0.1, 0.15) is 105 Å². The van der Waals surface area contributed by atoms with Crippen molar-refractivity contribution in [2.24, 2.45) is 0 Å². The summed E-state index contributed by atoms with van der Waals surface area (Å²) in [6, 6.07) is 13.1. The van der Waals surface area contributed by atoms with E-state index in [4.69, 9.17) is 16.6 Å². The number of piperidine rings is 1. The Kier molecular flexibility index (Phi) is 7.34. The second kappa shape index (κ2) is 12.1. The van der Waals surface area contributed by atoms with Gasteiger partial charge in [0.25, 0.3) is 11.8 Å². The van der Waals surface area contributed by atoms with E-state index in [1.165, 1.54) is 60.2 Å². The number of hydrogen-bond donors (Lipinski definition) is 4. The van der Waals surface area contributed by atoms with Crippen LogP contribution in [0.25, 0.3) is 33.8 Å². The second-order valence-electron chi connectivity index (χ2n) is 16.9. The molecule has 4 aliphatic carbocycles. The van der Waals surface area contributed by atoms with Gasteiger partial charge in [-0.1, -0.05) is 42.3 Å². The van der Waals surface area contributed by atoms with Gasteiger partial charge in [-0.2, -0.15) is 0 Å². The monoisotopic (exact) mass is 737 g/mol. The molecule has 1 saturated heterocycles. The molecule has 54 heavy (non-hydrogen) atoms. The molecule has 3 aliphatic heterocycles. The maximum Gasteiger partial charge on any atom is 0.253 e. The third-order valence-electron chi connectivity index (χ3n) is 13.2. The van der Waals surface area contributed by atoms with E-state index in [9.17, 15) is 9.59 Å². The maximum absolute atomic E-state index is 12.9. The molecule has 0 bridgehead atoms. The molecule has 10 heteroatoms. The summed E-state index contributed by atoms with van der Waals surface area (Å²) in [6.07, 6.45) is 17.8. The van der Waals surface area contributed by atoms with Gasteiger partial charge in [-0.05, 0) is 117 Å². The zero-order chi connectivity index (χ0) is 36.2. The van der Waals surface area contributed by atoms with Crippen molar-refractivity contribution in [1.29, 1.82) is 0 Å². The van der Waals surface area contributed by atoms with Gasteiger partial charge in [-0.15, -0.1) is 0 Å². The van der Waals surface area contributed by atoms with Gasteiger partial charge in [-0.3, -0.25) is 19.5 Å². The largest absolute Gasteiger partial charge is 0.357 e. The first-order valence-corrected chi connectivity index (χ1v) is 20.3. The van der Waals surface area contributed by atoms with Gasteiger partial charge in [0, 0.05) is 70.9 Å². The van der Waals surface area contributed by atoms with E-state index < -0.39 is 0 Å². The minimum atomic E-state index is 0.0275. The quantitative estimate of drug-likeness (QED) is 0.145. The Morgan fingerprint density at radius 3 is 1.81 bits per heavy atom. The van der Waals surface area contributed by atoms with Crippen LogP contribution in [0.15, 0.2) is 48.8 Å². The summed E-state index contributed by atoms with van der Waals surface area (Å²) in [6.45, 7) is 3.48. The minimum absolute atomic E-state index is 0.0275. The maximum atomic E-state index is 12.9. The summed E-state index contributed by atoms with van der Waals surface area (Å²) >= 11 is 6.05. The van der Waals surface area contributed by atoms with Gasteiger partial charge < -0.3 is 20.6 Å². The number of amides is 2. The fraction of sp³-hybridized carbons (Fsp3) is 0.409. The van der Waals surface area contributed by atoms with Crippen LogP contribution in [0.3, 0.4) is 0 Å². The van der Waals surface area contributed by atoms with Crippen molar-refractivity contribution < 1.29 is 9.59 Å². The molecule has 2 spiro atoms. The van der Waals surface area contributed by atoms with Crippen LogP contribution in [0.4, 0.5) is 0 Å². The molecule has 2 amide bonds. The number of carbonyl (C=O) groups is 2. The van der Waals surface area contributed by atoms with E-state index in [0.29, 0.717) is 5.15 Å². The normalized spacial score (nSPS) is 20.6. The Balaban J connectivity index is 0.000000139. The number of pyridine rings is 2. The number of fused-ring (bicyclic) bond motifs is 10. The fourth-order valence-electron chi connectivity index (χ4n) is 9.88. The number of hydrogen-bond acceptors (Lipinski definition) is 5. The Morgan fingerprint density at radius 1 is 0.685 bits per heavy atom. The zero-order valence-electron chi connectivity index (χ0n) is 30.5. The van der Waals surface area contributed by atoms with Crippen LogP contribution in [0, 0.1) is 0 Å². The molecule has 5 aromatic rings. The van der Waals surface area contributed by atoms with Crippen molar-refractivity contribution >= 4 is 23.4 Å². The molecule has 4 aromatic heterocycles. The minimum Gasteiger partial charge on any atom is -0.357 e. The molecule has 2 saturated carbocycles. The molecule has 0 atom stereocenters. The van der Waals surface area contributed by atoms with E-state index in [-0.39, 0.29) is 22.9 Å². The van der Waals surface area contributed by atoms with E-state index in [0.717, 1.165) is 127 Å². The van der Waals surface area contributed by atoms with Crippen molar-refractivity contribution in [1.82, 2.24) is 35.5 Å². The van der Waals surface area contributed by atoms with E-state index in [1.807, 2.05) is 18.5 Å². The third-order valence-corrected chi connectivity index (χ3v) is 13.4. The Morgan fingerprint density at radius 2 is 1.24 bits per heavy atom. The zero-order valence-corrected chi connectivity index (χ0v) is 31.2. The highest BCUT2D eigenvalue weighted by molar-refractivity contribution is 6.29. The van der Waals surface area contributed by atoms with Gasteiger partial charge in [0.1, 0.15) is 5.15 Å². The average molecular weight is 738 g/mol. The molecule has 4 N–H and O–H groups in total. The summed E-state index contributed by atoms with van der Waals surface area (Å²) in [5.41, 5.74) is 16.9. The standard InChI is InChI=1S/C28H30N4O.C16H14ClN3O/c33-27-25-21-9-8-20-16-29-23(14-22(20)26(21)30-24(25)15-28(31-27)10-11-28)19-6-4-18(5-7-19)17-32-12-2-1-3-13-32;17-12-5-10-8(7-18-12)1-2-9-13-11(19-14(9)10)6-16(3-4-16)20-15(13)21/h4-7,14,16,30H,1-3,8-13,15,17H2,(H,31,33);5,7,19H,1-4,6H2,(H,20,21). The summed E-state index contributed by atoms with van der Waals surface area (Å²) < 4.78 is 0. The number of halogens is 1. The topological polar surface area (TPSA) is 119 Å². The van der Waals surface area contributed by atoms with Gasteiger partial charge in [0.2, 0.25) is 0 Å². The van der Waals surface area contributed by atoms with E-state index in [1.54, 1.807) is 0 Å². The summed E-state index contributed by atoms with van der Waals surface area (Å²) in [5.74, 6) is 0.211. The molecule has 9 nitrogen and oxygen atoms in total. The lowest BCUT2D eigenvalue weighted by molar-refractivity contribution is 0.0908. The van der Waals surface area contributed by atoms with Gasteiger partial charge >= 0.3 is 0 Å². The first kappa shape index (κ1) is 32.7. The van der Waals surface area contributed by atoms with Gasteiger partial charge in [0.05, 0.1) is 28.2 Å². The Hall–Kier alpha value is -4.73. The molecule has 7 aliphatic rings. The molecule has 0 unspecified atom stereocenters. The van der Waals surface area contributed by atoms with E-state index >= 15 is 0 Å². The molecule has 7 heterocycles. The molecule has 1 aromatic carbocycles. The lowest BCUT2D eigenvalue weighted by atomic mass is 9.87. The van der Waals surface area contributed by atoms with Crippen LogP contribution in [-0.2, 0) is 45.1 Å². The predicted molar refractivity (Wildman–Crippen MR) is 209 cm³/mol. The molecule has 274 valence electrons. The molecule has 0 radical (unpaired) electrons. The molecule has 12 rings (SSSR count). The lowest BCUT2D eigenvalue weighted by Gasteiger charge is -2.26. The Labute approximate surface area is 319 Å². The third kappa shape index (κ3) is 5.53. The number of aryl methyl sites for hydroxylation is 2. The van der Waals surface area contributed by atoms with Crippen LogP contribution < -0.4 is 10.6 Å². The number of nitrogens with one attached hydrogen (secondary N) is 4. The Bertz CT molecular complexity index is 2380. The molecular formula is C44H44ClN7O2. The average Bonchev–Trinajstić information content (AvgIpc) is 4.02.